The third-order valence-corrected chi connectivity index (χ3v) is 4.03. The van der Waals surface area contributed by atoms with Crippen LogP contribution in [0.25, 0.3) is 0 Å². The van der Waals surface area contributed by atoms with Gasteiger partial charge >= 0.3 is 6.09 Å². The molecule has 2 rings (SSSR count). The summed E-state index contributed by atoms with van der Waals surface area (Å²) in [7, 11) is -3.93. The molecule has 0 atom stereocenters. The highest BCUT2D eigenvalue weighted by Gasteiger charge is 2.20. The monoisotopic (exact) mass is 321 g/mol. The summed E-state index contributed by atoms with van der Waals surface area (Å²) in [5.41, 5.74) is 0.549. The highest BCUT2D eigenvalue weighted by Crippen LogP contribution is 2.14. The van der Waals surface area contributed by atoms with E-state index in [0.29, 0.717) is 5.56 Å². The Morgan fingerprint density at radius 1 is 0.955 bits per heavy atom. The zero-order chi connectivity index (χ0) is 16.6. The summed E-state index contributed by atoms with van der Waals surface area (Å²) >= 11 is 0. The van der Waals surface area contributed by atoms with Crippen LogP contribution in [0.4, 0.5) is 4.79 Å². The largest absolute Gasteiger partial charge is 0.426 e. The maximum absolute atomic E-state index is 12.0. The van der Waals surface area contributed by atoms with Gasteiger partial charge in [-0.1, -0.05) is 50.2 Å². The van der Waals surface area contributed by atoms with Gasteiger partial charge in [0.1, 0.15) is 5.75 Å². The zero-order valence-electron chi connectivity index (χ0n) is 12.7. The molecular weight excluding hydrogens is 302 g/mol. The van der Waals surface area contributed by atoms with Crippen molar-refractivity contribution in [3.63, 3.8) is 0 Å². The fourth-order valence-corrected chi connectivity index (χ4v) is 2.76. The highest BCUT2D eigenvalue weighted by molar-refractivity contribution is 7.90. The van der Waals surface area contributed by atoms with Gasteiger partial charge in [-0.3, -0.25) is 0 Å². The molecule has 2 aromatic rings. The van der Waals surface area contributed by atoms with E-state index in [0.717, 1.165) is 0 Å². The molecule has 0 heterocycles. The van der Waals surface area contributed by atoms with Gasteiger partial charge in [-0.2, -0.15) is 0 Å². The van der Waals surface area contributed by atoms with E-state index >= 15 is 0 Å². The molecule has 1 N–H and O–H groups in total. The van der Waals surface area contributed by atoms with Crippen LogP contribution in [0.2, 0.25) is 0 Å². The lowest BCUT2D eigenvalue weighted by atomic mass is 10.2. The van der Waals surface area contributed by atoms with E-state index in [1.54, 1.807) is 55.5 Å². The number of sulfonamides is 1. The normalized spacial score (nSPS) is 10.1. The number of benzene rings is 2. The van der Waals surface area contributed by atoms with E-state index in [2.05, 4.69) is 0 Å². The summed E-state index contributed by atoms with van der Waals surface area (Å²) in [4.78, 5) is 11.6. The molecule has 118 valence electrons. The summed E-state index contributed by atoms with van der Waals surface area (Å²) in [6.07, 6.45) is -1.04. The number of hydrogen-bond donors (Lipinski definition) is 1. The fraction of sp³-hybridized carbons (Fsp3) is 0.188. The lowest BCUT2D eigenvalue weighted by Crippen LogP contribution is -2.33. The molecule has 0 aliphatic carbocycles. The van der Waals surface area contributed by atoms with Crippen LogP contribution in [0.1, 0.15) is 19.4 Å². The van der Waals surface area contributed by atoms with Crippen LogP contribution in [-0.4, -0.2) is 14.5 Å². The molecule has 0 fully saturated rings. The molecular formula is C16H19NO4S. The average Bonchev–Trinajstić information content (AvgIpc) is 2.50. The van der Waals surface area contributed by atoms with Crippen LogP contribution in [0.15, 0.2) is 59.5 Å². The van der Waals surface area contributed by atoms with Crippen LogP contribution >= 0.6 is 0 Å². The lowest BCUT2D eigenvalue weighted by Gasteiger charge is -2.09. The van der Waals surface area contributed by atoms with Gasteiger partial charge in [-0.15, -0.1) is 0 Å². The highest BCUT2D eigenvalue weighted by atomic mass is 32.2. The quantitative estimate of drug-likeness (QED) is 0.939. The molecule has 0 saturated heterocycles. The predicted molar refractivity (Wildman–Crippen MR) is 85.3 cm³/mol. The Morgan fingerprint density at radius 3 is 2.09 bits per heavy atom. The Bertz CT molecular complexity index is 712. The van der Waals surface area contributed by atoms with Crippen molar-refractivity contribution in [2.24, 2.45) is 0 Å². The number of ether oxygens (including phenoxy) is 1. The molecule has 6 heteroatoms. The summed E-state index contributed by atoms with van der Waals surface area (Å²) in [5.74, 6) is 0.269. The van der Waals surface area contributed by atoms with E-state index in [-0.39, 0.29) is 10.6 Å². The Morgan fingerprint density at radius 2 is 1.50 bits per heavy atom. The topological polar surface area (TPSA) is 72.5 Å². The SMILES string of the molecule is CC.Cc1ccccc1S(=O)(=O)NC(=O)Oc1ccccc1. The second-order valence-electron chi connectivity index (χ2n) is 4.07. The number of para-hydroxylation sites is 1. The van der Waals surface area contributed by atoms with Crippen molar-refractivity contribution < 1.29 is 17.9 Å². The van der Waals surface area contributed by atoms with Crippen LogP contribution in [0.5, 0.6) is 5.75 Å². The van der Waals surface area contributed by atoms with Crippen LogP contribution in [0, 0.1) is 6.92 Å². The second-order valence-corrected chi connectivity index (χ2v) is 5.72. The zero-order valence-corrected chi connectivity index (χ0v) is 13.6. The Hall–Kier alpha value is -2.34. The minimum Gasteiger partial charge on any atom is -0.410 e. The molecule has 0 spiro atoms. The summed E-state index contributed by atoms with van der Waals surface area (Å²) in [5, 5.41) is 0. The van der Waals surface area contributed by atoms with Crippen molar-refractivity contribution >= 4 is 16.1 Å². The number of carbonyl (C=O) groups excluding carboxylic acids is 1. The molecule has 0 radical (unpaired) electrons. The minimum atomic E-state index is -3.93. The van der Waals surface area contributed by atoms with Crippen molar-refractivity contribution in [2.75, 3.05) is 0 Å². The van der Waals surface area contributed by atoms with Gasteiger partial charge in [0.2, 0.25) is 0 Å². The second kappa shape index (κ2) is 8.19. The first kappa shape index (κ1) is 17.7. The molecule has 0 aliphatic rings. The van der Waals surface area contributed by atoms with Gasteiger partial charge in [0.05, 0.1) is 4.90 Å². The Labute approximate surface area is 131 Å². The van der Waals surface area contributed by atoms with Gasteiger partial charge in [-0.25, -0.2) is 17.9 Å². The number of carbonyl (C=O) groups is 1. The number of amides is 1. The van der Waals surface area contributed by atoms with Gasteiger partial charge in [0.15, 0.2) is 0 Å². The van der Waals surface area contributed by atoms with Crippen LogP contribution in [0.3, 0.4) is 0 Å². The van der Waals surface area contributed by atoms with Crippen molar-refractivity contribution in [3.05, 3.63) is 60.2 Å². The first-order chi connectivity index (χ1) is 10.5. The number of aryl methyl sites for hydroxylation is 1. The fourth-order valence-electron chi connectivity index (χ4n) is 1.64. The van der Waals surface area contributed by atoms with Gasteiger partial charge in [0, 0.05) is 0 Å². The predicted octanol–water partition coefficient (Wildman–Crippen LogP) is 3.50. The lowest BCUT2D eigenvalue weighted by molar-refractivity contribution is 0.207. The maximum atomic E-state index is 12.0. The average molecular weight is 321 g/mol. The maximum Gasteiger partial charge on any atom is 0.426 e. The molecule has 0 aliphatic heterocycles. The van der Waals surface area contributed by atoms with Crippen molar-refractivity contribution in [1.29, 1.82) is 0 Å². The van der Waals surface area contributed by atoms with E-state index in [1.807, 2.05) is 18.6 Å². The van der Waals surface area contributed by atoms with Crippen molar-refractivity contribution in [3.8, 4) is 5.75 Å². The molecule has 0 bridgehead atoms. The molecule has 2 aromatic carbocycles. The summed E-state index contributed by atoms with van der Waals surface area (Å²) in [6.45, 7) is 5.65. The van der Waals surface area contributed by atoms with Crippen LogP contribution < -0.4 is 9.46 Å². The molecule has 1 amide bonds. The first-order valence-electron chi connectivity index (χ1n) is 6.84. The molecule has 0 aromatic heterocycles. The molecule has 0 saturated carbocycles. The van der Waals surface area contributed by atoms with E-state index in [9.17, 15) is 13.2 Å². The van der Waals surface area contributed by atoms with Crippen molar-refractivity contribution in [1.82, 2.24) is 4.72 Å². The first-order valence-corrected chi connectivity index (χ1v) is 8.33. The minimum absolute atomic E-state index is 0.0463. The van der Waals surface area contributed by atoms with Crippen molar-refractivity contribution in [2.45, 2.75) is 25.7 Å². The third-order valence-electron chi connectivity index (χ3n) is 2.55. The number of hydrogen-bond acceptors (Lipinski definition) is 4. The Balaban J connectivity index is 0.00000116. The van der Waals surface area contributed by atoms with E-state index in [1.165, 1.54) is 6.07 Å². The molecule has 5 nitrogen and oxygen atoms in total. The number of rotatable bonds is 3. The Kier molecular flexibility index (Phi) is 6.59. The smallest absolute Gasteiger partial charge is 0.410 e. The molecule has 0 unspecified atom stereocenters. The van der Waals surface area contributed by atoms with E-state index < -0.39 is 16.1 Å². The van der Waals surface area contributed by atoms with Crippen LogP contribution in [-0.2, 0) is 10.0 Å². The van der Waals surface area contributed by atoms with E-state index in [4.69, 9.17) is 4.74 Å². The third kappa shape index (κ3) is 4.89. The number of nitrogens with one attached hydrogen (secondary N) is 1. The summed E-state index contributed by atoms with van der Waals surface area (Å²) in [6, 6.07) is 14.6. The standard InChI is InChI=1S/C14H13NO4S.C2H6/c1-11-7-5-6-10-13(11)20(17,18)15-14(16)19-12-8-3-2-4-9-12;1-2/h2-10H,1H3,(H,15,16);1-2H3. The summed E-state index contributed by atoms with van der Waals surface area (Å²) < 4.78 is 30.8. The molecule has 22 heavy (non-hydrogen) atoms. The van der Waals surface area contributed by atoms with Gasteiger partial charge in [0.25, 0.3) is 10.0 Å². The van der Waals surface area contributed by atoms with Gasteiger partial charge < -0.3 is 4.74 Å². The van der Waals surface area contributed by atoms with Gasteiger partial charge in [-0.05, 0) is 30.7 Å².